The molecule has 0 atom stereocenters. The maximum Gasteiger partial charge on any atom is 0.275 e. The molecule has 0 bridgehead atoms. The average molecular weight is 248 g/mol. The van der Waals surface area contributed by atoms with Crippen LogP contribution in [0.1, 0.15) is 12.5 Å². The Labute approximate surface area is 103 Å². The van der Waals surface area contributed by atoms with Crippen LogP contribution < -0.4 is 5.32 Å². The Morgan fingerprint density at radius 2 is 2.24 bits per heavy atom. The van der Waals surface area contributed by atoms with E-state index in [1.807, 2.05) is 6.92 Å². The van der Waals surface area contributed by atoms with Gasteiger partial charge in [-0.1, -0.05) is 36.9 Å². The highest BCUT2D eigenvalue weighted by atomic mass is 32.2. The molecule has 88 valence electrons. The number of phenols is 1. The Morgan fingerprint density at radius 1 is 1.47 bits per heavy atom. The SMILES string of the molecule is CCSC1=N/C(=C\c2ccccc2O)C(=O)N1. The smallest absolute Gasteiger partial charge is 0.275 e. The summed E-state index contributed by atoms with van der Waals surface area (Å²) in [6, 6.07) is 6.83. The Hall–Kier alpha value is -1.75. The van der Waals surface area contributed by atoms with Gasteiger partial charge in [0.15, 0.2) is 5.17 Å². The van der Waals surface area contributed by atoms with Crippen LogP contribution in [0.5, 0.6) is 5.75 Å². The van der Waals surface area contributed by atoms with Crippen molar-refractivity contribution in [2.24, 2.45) is 4.99 Å². The molecule has 1 aromatic carbocycles. The molecule has 1 aliphatic rings. The molecule has 0 spiro atoms. The van der Waals surface area contributed by atoms with Crippen molar-refractivity contribution in [1.82, 2.24) is 5.32 Å². The number of phenolic OH excluding ortho intramolecular Hbond substituents is 1. The third kappa shape index (κ3) is 2.68. The van der Waals surface area contributed by atoms with Gasteiger partial charge in [-0.2, -0.15) is 0 Å². The third-order valence-electron chi connectivity index (χ3n) is 2.19. The molecule has 0 aromatic heterocycles. The molecule has 0 saturated carbocycles. The number of nitrogens with one attached hydrogen (secondary N) is 1. The molecule has 4 nitrogen and oxygen atoms in total. The van der Waals surface area contributed by atoms with E-state index in [9.17, 15) is 9.90 Å². The number of aromatic hydroxyl groups is 1. The van der Waals surface area contributed by atoms with E-state index in [1.165, 1.54) is 11.8 Å². The topological polar surface area (TPSA) is 61.7 Å². The number of carbonyl (C=O) groups excluding carboxylic acids is 1. The molecule has 0 aliphatic carbocycles. The van der Waals surface area contributed by atoms with Crippen molar-refractivity contribution in [3.8, 4) is 5.75 Å². The zero-order chi connectivity index (χ0) is 12.3. The molecule has 1 heterocycles. The summed E-state index contributed by atoms with van der Waals surface area (Å²) in [6.07, 6.45) is 1.58. The number of carbonyl (C=O) groups is 1. The highest BCUT2D eigenvalue weighted by molar-refractivity contribution is 8.13. The number of thioether (sulfide) groups is 1. The third-order valence-corrected chi connectivity index (χ3v) is 2.94. The summed E-state index contributed by atoms with van der Waals surface area (Å²) in [5, 5.41) is 12.9. The molecular formula is C12H12N2O2S. The molecule has 0 saturated heterocycles. The molecule has 1 amide bonds. The number of hydrogen-bond donors (Lipinski definition) is 2. The van der Waals surface area contributed by atoms with E-state index in [0.29, 0.717) is 16.4 Å². The molecule has 1 aliphatic heterocycles. The number of para-hydroxylation sites is 1. The number of benzene rings is 1. The van der Waals surface area contributed by atoms with Crippen molar-refractivity contribution >= 4 is 28.9 Å². The lowest BCUT2D eigenvalue weighted by Crippen LogP contribution is -2.21. The van der Waals surface area contributed by atoms with E-state index in [4.69, 9.17) is 0 Å². The first-order chi connectivity index (χ1) is 8.20. The number of aliphatic imine (C=N–C) groups is 1. The molecule has 1 aromatic rings. The van der Waals surface area contributed by atoms with Gasteiger partial charge in [0.25, 0.3) is 5.91 Å². The molecule has 17 heavy (non-hydrogen) atoms. The second-order valence-corrected chi connectivity index (χ2v) is 4.65. The van der Waals surface area contributed by atoms with Crippen LogP contribution in [0.2, 0.25) is 0 Å². The minimum atomic E-state index is -0.232. The van der Waals surface area contributed by atoms with Crippen molar-refractivity contribution in [3.63, 3.8) is 0 Å². The number of rotatable bonds is 2. The van der Waals surface area contributed by atoms with Gasteiger partial charge in [0.2, 0.25) is 0 Å². The molecule has 5 heteroatoms. The molecule has 2 N–H and O–H groups in total. The van der Waals surface area contributed by atoms with E-state index >= 15 is 0 Å². The number of amides is 1. The lowest BCUT2D eigenvalue weighted by molar-refractivity contribution is -0.115. The molecule has 0 fully saturated rings. The normalized spacial score (nSPS) is 17.1. The van der Waals surface area contributed by atoms with Crippen LogP contribution >= 0.6 is 11.8 Å². The minimum Gasteiger partial charge on any atom is -0.507 e. The van der Waals surface area contributed by atoms with Crippen molar-refractivity contribution in [1.29, 1.82) is 0 Å². The van der Waals surface area contributed by atoms with Crippen LogP contribution in [0.15, 0.2) is 35.0 Å². The second-order valence-electron chi connectivity index (χ2n) is 3.39. The number of hydrogen-bond acceptors (Lipinski definition) is 4. The van der Waals surface area contributed by atoms with Crippen LogP contribution in [-0.4, -0.2) is 21.9 Å². The molecule has 0 unspecified atom stereocenters. The Kier molecular flexibility index (Phi) is 3.49. The van der Waals surface area contributed by atoms with Crippen molar-refractivity contribution < 1.29 is 9.90 Å². The van der Waals surface area contributed by atoms with Gasteiger partial charge < -0.3 is 5.11 Å². The van der Waals surface area contributed by atoms with Crippen molar-refractivity contribution in [2.45, 2.75) is 6.92 Å². The fraction of sp³-hybridized carbons (Fsp3) is 0.167. The first-order valence-corrected chi connectivity index (χ1v) is 6.22. The van der Waals surface area contributed by atoms with Crippen LogP contribution in [0.4, 0.5) is 0 Å². The van der Waals surface area contributed by atoms with Gasteiger partial charge in [0.05, 0.1) is 0 Å². The van der Waals surface area contributed by atoms with E-state index in [1.54, 1.807) is 30.3 Å². The van der Waals surface area contributed by atoms with E-state index < -0.39 is 0 Å². The quantitative estimate of drug-likeness (QED) is 0.787. The predicted molar refractivity (Wildman–Crippen MR) is 69.8 cm³/mol. The van der Waals surface area contributed by atoms with Gasteiger partial charge in [-0.25, -0.2) is 4.99 Å². The summed E-state index contributed by atoms with van der Waals surface area (Å²) in [6.45, 7) is 1.99. The van der Waals surface area contributed by atoms with E-state index in [0.717, 1.165) is 5.75 Å². The predicted octanol–water partition coefficient (Wildman–Crippen LogP) is 1.97. The summed E-state index contributed by atoms with van der Waals surface area (Å²) in [7, 11) is 0. The molecular weight excluding hydrogens is 236 g/mol. The lowest BCUT2D eigenvalue weighted by Gasteiger charge is -1.97. The first-order valence-electron chi connectivity index (χ1n) is 5.23. The standard InChI is InChI=1S/C12H12N2O2S/c1-2-17-12-13-9(11(16)14-12)7-8-5-3-4-6-10(8)15/h3-7,15H,2H2,1H3,(H,13,14,16)/b9-7-. The fourth-order valence-corrected chi connectivity index (χ4v) is 2.01. The Bertz CT molecular complexity index is 509. The summed E-state index contributed by atoms with van der Waals surface area (Å²) < 4.78 is 0. The largest absolute Gasteiger partial charge is 0.507 e. The lowest BCUT2D eigenvalue weighted by atomic mass is 10.1. The second kappa shape index (κ2) is 5.05. The molecule has 0 radical (unpaired) electrons. The zero-order valence-electron chi connectivity index (χ0n) is 9.30. The van der Waals surface area contributed by atoms with Gasteiger partial charge in [-0.15, -0.1) is 0 Å². The fourth-order valence-electron chi connectivity index (χ4n) is 1.41. The molecule has 2 rings (SSSR count). The summed E-state index contributed by atoms with van der Waals surface area (Å²) in [5.41, 5.74) is 0.909. The summed E-state index contributed by atoms with van der Waals surface area (Å²) in [4.78, 5) is 15.8. The van der Waals surface area contributed by atoms with Crippen molar-refractivity contribution in [2.75, 3.05) is 5.75 Å². The highest BCUT2D eigenvalue weighted by Gasteiger charge is 2.19. The van der Waals surface area contributed by atoms with Gasteiger partial charge in [-0.05, 0) is 17.9 Å². The van der Waals surface area contributed by atoms with Crippen LogP contribution in [0, 0.1) is 0 Å². The Morgan fingerprint density at radius 3 is 2.94 bits per heavy atom. The number of amidine groups is 1. The van der Waals surface area contributed by atoms with Crippen LogP contribution in [0.3, 0.4) is 0 Å². The maximum atomic E-state index is 11.6. The first kappa shape index (κ1) is 11.7. The average Bonchev–Trinajstić information content (AvgIpc) is 2.63. The minimum absolute atomic E-state index is 0.139. The number of nitrogens with zero attached hydrogens (tertiary/aromatic N) is 1. The van der Waals surface area contributed by atoms with E-state index in [-0.39, 0.29) is 11.7 Å². The maximum absolute atomic E-state index is 11.6. The Balaban J connectivity index is 2.28. The van der Waals surface area contributed by atoms with Crippen molar-refractivity contribution in [3.05, 3.63) is 35.5 Å². The van der Waals surface area contributed by atoms with Gasteiger partial charge >= 0.3 is 0 Å². The van der Waals surface area contributed by atoms with E-state index in [2.05, 4.69) is 10.3 Å². The summed E-state index contributed by atoms with van der Waals surface area (Å²) in [5.74, 6) is 0.756. The summed E-state index contributed by atoms with van der Waals surface area (Å²) >= 11 is 1.48. The van der Waals surface area contributed by atoms with Gasteiger partial charge in [0.1, 0.15) is 11.4 Å². The highest BCUT2D eigenvalue weighted by Crippen LogP contribution is 2.21. The van der Waals surface area contributed by atoms with Crippen LogP contribution in [0.25, 0.3) is 6.08 Å². The van der Waals surface area contributed by atoms with Gasteiger partial charge in [-0.3, -0.25) is 10.1 Å². The van der Waals surface area contributed by atoms with Gasteiger partial charge in [0, 0.05) is 5.56 Å². The zero-order valence-corrected chi connectivity index (χ0v) is 10.1. The van der Waals surface area contributed by atoms with Crippen LogP contribution in [-0.2, 0) is 4.79 Å². The monoisotopic (exact) mass is 248 g/mol.